The highest BCUT2D eigenvalue weighted by Gasteiger charge is 2.66. The van der Waals surface area contributed by atoms with Gasteiger partial charge in [-0.2, -0.15) is 5.10 Å². The van der Waals surface area contributed by atoms with Crippen LogP contribution in [-0.4, -0.2) is 21.3 Å². The first-order chi connectivity index (χ1) is 5.74. The van der Waals surface area contributed by atoms with E-state index >= 15 is 0 Å². The van der Waals surface area contributed by atoms with Crippen LogP contribution in [-0.2, 0) is 11.2 Å². The number of rotatable bonds is 1. The predicted molar refractivity (Wildman–Crippen MR) is 39.7 cm³/mol. The molecular formula is C8H8N2O2. The van der Waals surface area contributed by atoms with Crippen LogP contribution < -0.4 is 0 Å². The maximum Gasteiger partial charge on any atom is 0.310 e. The number of aromatic nitrogens is 2. The van der Waals surface area contributed by atoms with Crippen molar-refractivity contribution in [3.63, 3.8) is 0 Å². The molecule has 1 heterocycles. The molecule has 1 saturated carbocycles. The minimum Gasteiger partial charge on any atom is -0.481 e. The molecule has 2 N–H and O–H groups in total. The van der Waals surface area contributed by atoms with E-state index in [2.05, 4.69) is 10.2 Å². The summed E-state index contributed by atoms with van der Waals surface area (Å²) in [6.07, 6.45) is 3.20. The summed E-state index contributed by atoms with van der Waals surface area (Å²) in [4.78, 5) is 10.9. The van der Waals surface area contributed by atoms with Gasteiger partial charge >= 0.3 is 5.97 Å². The Hall–Kier alpha value is -1.32. The zero-order valence-corrected chi connectivity index (χ0v) is 6.37. The molecular weight excluding hydrogens is 156 g/mol. The molecule has 1 aromatic heterocycles. The van der Waals surface area contributed by atoms with Crippen molar-refractivity contribution >= 4 is 5.97 Å². The summed E-state index contributed by atoms with van der Waals surface area (Å²) in [6, 6.07) is 0. The molecule has 1 aromatic rings. The predicted octanol–water partition coefficient (Wildman–Crippen LogP) is 0.524. The molecule has 0 aromatic carbocycles. The summed E-state index contributed by atoms with van der Waals surface area (Å²) in [7, 11) is 0. The number of carboxylic acids is 1. The van der Waals surface area contributed by atoms with Crippen molar-refractivity contribution in [3.05, 3.63) is 17.5 Å². The second kappa shape index (κ2) is 1.55. The van der Waals surface area contributed by atoms with Crippen molar-refractivity contribution < 1.29 is 9.90 Å². The Morgan fingerprint density at radius 1 is 1.83 bits per heavy atom. The molecule has 2 unspecified atom stereocenters. The minimum atomic E-state index is -0.655. The van der Waals surface area contributed by atoms with Crippen molar-refractivity contribution in [1.29, 1.82) is 0 Å². The maximum atomic E-state index is 10.9. The number of hydrogen-bond donors (Lipinski definition) is 2. The summed E-state index contributed by atoms with van der Waals surface area (Å²) in [6.45, 7) is 0. The first kappa shape index (κ1) is 6.22. The van der Waals surface area contributed by atoms with E-state index < -0.39 is 11.4 Å². The van der Waals surface area contributed by atoms with Crippen LogP contribution in [0.25, 0.3) is 0 Å². The molecule has 12 heavy (non-hydrogen) atoms. The van der Waals surface area contributed by atoms with Gasteiger partial charge in [-0.25, -0.2) is 0 Å². The summed E-state index contributed by atoms with van der Waals surface area (Å²) in [5, 5.41) is 15.7. The fourth-order valence-electron chi connectivity index (χ4n) is 2.29. The fourth-order valence-corrected chi connectivity index (χ4v) is 2.29. The van der Waals surface area contributed by atoms with E-state index in [0.29, 0.717) is 6.42 Å². The zero-order valence-electron chi connectivity index (χ0n) is 6.37. The smallest absolute Gasteiger partial charge is 0.310 e. The van der Waals surface area contributed by atoms with Gasteiger partial charge in [0.1, 0.15) is 0 Å². The highest BCUT2D eigenvalue weighted by molar-refractivity contribution is 5.82. The second-order valence-electron chi connectivity index (χ2n) is 3.70. The first-order valence-electron chi connectivity index (χ1n) is 3.99. The van der Waals surface area contributed by atoms with Gasteiger partial charge in [-0.05, 0) is 18.4 Å². The van der Waals surface area contributed by atoms with Gasteiger partial charge in [0.15, 0.2) is 0 Å². The van der Waals surface area contributed by atoms with Crippen molar-refractivity contribution in [2.75, 3.05) is 0 Å². The Bertz CT molecular complexity index is 371. The number of hydrogen-bond acceptors (Lipinski definition) is 2. The van der Waals surface area contributed by atoms with E-state index in [0.717, 1.165) is 17.7 Å². The van der Waals surface area contributed by atoms with Gasteiger partial charge in [0.25, 0.3) is 0 Å². The average molecular weight is 164 g/mol. The van der Waals surface area contributed by atoms with Crippen LogP contribution in [0.15, 0.2) is 6.20 Å². The third-order valence-electron chi connectivity index (χ3n) is 3.11. The fraction of sp³-hybridized carbons (Fsp3) is 0.500. The largest absolute Gasteiger partial charge is 0.481 e. The number of fused-ring (bicyclic) bond motifs is 3. The van der Waals surface area contributed by atoms with Crippen LogP contribution in [0.1, 0.15) is 23.6 Å². The maximum absolute atomic E-state index is 10.9. The minimum absolute atomic E-state index is 0.215. The number of H-pyrrole nitrogens is 1. The number of nitrogens with one attached hydrogen (secondary N) is 1. The lowest BCUT2D eigenvalue weighted by molar-refractivity contribution is -0.143. The SMILES string of the molecule is O=C(O)C12Cc3cn[nH]c3C1C2. The van der Waals surface area contributed by atoms with E-state index in [1.807, 2.05) is 0 Å². The van der Waals surface area contributed by atoms with E-state index in [1.54, 1.807) is 6.20 Å². The van der Waals surface area contributed by atoms with E-state index in [1.165, 1.54) is 0 Å². The monoisotopic (exact) mass is 164 g/mol. The van der Waals surface area contributed by atoms with Crippen LogP contribution in [0.3, 0.4) is 0 Å². The Balaban J connectivity index is 2.07. The zero-order chi connectivity index (χ0) is 8.34. The molecule has 3 rings (SSSR count). The third kappa shape index (κ3) is 0.479. The quantitative estimate of drug-likeness (QED) is 0.636. The van der Waals surface area contributed by atoms with Gasteiger partial charge < -0.3 is 5.11 Å². The molecule has 2 atom stereocenters. The lowest BCUT2D eigenvalue weighted by Crippen LogP contribution is -2.16. The lowest BCUT2D eigenvalue weighted by atomic mass is 10.0. The molecule has 2 aliphatic carbocycles. The van der Waals surface area contributed by atoms with Crippen molar-refractivity contribution in [2.24, 2.45) is 5.41 Å². The van der Waals surface area contributed by atoms with Crippen molar-refractivity contribution in [3.8, 4) is 0 Å². The number of nitrogens with zero attached hydrogens (tertiary/aromatic N) is 1. The van der Waals surface area contributed by atoms with Gasteiger partial charge in [0, 0.05) is 11.6 Å². The molecule has 0 amide bonds. The second-order valence-corrected chi connectivity index (χ2v) is 3.70. The van der Waals surface area contributed by atoms with Crippen LogP contribution in [0.4, 0.5) is 0 Å². The Morgan fingerprint density at radius 3 is 3.33 bits per heavy atom. The number of aromatic amines is 1. The molecule has 0 radical (unpaired) electrons. The highest BCUT2D eigenvalue weighted by Crippen LogP contribution is 2.66. The van der Waals surface area contributed by atoms with Crippen LogP contribution in [0, 0.1) is 5.41 Å². The van der Waals surface area contributed by atoms with Gasteiger partial charge in [0.05, 0.1) is 11.6 Å². The highest BCUT2D eigenvalue weighted by atomic mass is 16.4. The average Bonchev–Trinajstić information content (AvgIpc) is 2.46. The lowest BCUT2D eigenvalue weighted by Gasteiger charge is -2.02. The van der Waals surface area contributed by atoms with E-state index in [-0.39, 0.29) is 5.92 Å². The molecule has 0 saturated heterocycles. The van der Waals surface area contributed by atoms with Crippen LogP contribution in [0.5, 0.6) is 0 Å². The van der Waals surface area contributed by atoms with Gasteiger partial charge in [0.2, 0.25) is 0 Å². The normalized spacial score (nSPS) is 35.8. The molecule has 0 spiro atoms. The summed E-state index contributed by atoms with van der Waals surface area (Å²) in [5.41, 5.74) is 1.69. The van der Waals surface area contributed by atoms with Gasteiger partial charge in [-0.3, -0.25) is 9.89 Å². The summed E-state index contributed by atoms with van der Waals surface area (Å²) in [5.74, 6) is -0.440. The molecule has 0 aliphatic heterocycles. The number of aliphatic carboxylic acids is 1. The molecule has 4 nitrogen and oxygen atoms in total. The van der Waals surface area contributed by atoms with Gasteiger partial charge in [-0.15, -0.1) is 0 Å². The first-order valence-corrected chi connectivity index (χ1v) is 3.99. The van der Waals surface area contributed by atoms with Gasteiger partial charge in [-0.1, -0.05) is 0 Å². The Kier molecular flexibility index (Phi) is 0.805. The summed E-state index contributed by atoms with van der Waals surface area (Å²) < 4.78 is 0. The molecule has 0 bridgehead atoms. The van der Waals surface area contributed by atoms with E-state index in [9.17, 15) is 4.79 Å². The molecule has 2 aliphatic rings. The Labute approximate surface area is 68.6 Å². The van der Waals surface area contributed by atoms with Crippen LogP contribution in [0.2, 0.25) is 0 Å². The topological polar surface area (TPSA) is 66.0 Å². The molecule has 4 heteroatoms. The third-order valence-corrected chi connectivity index (χ3v) is 3.11. The molecule has 62 valence electrons. The Morgan fingerprint density at radius 2 is 2.67 bits per heavy atom. The van der Waals surface area contributed by atoms with Crippen molar-refractivity contribution in [1.82, 2.24) is 10.2 Å². The van der Waals surface area contributed by atoms with Crippen molar-refractivity contribution in [2.45, 2.75) is 18.8 Å². The number of carbonyl (C=O) groups is 1. The standard InChI is InChI=1S/C8H8N2O2/c11-7(12)8-1-4-3-9-10-6(4)5(8)2-8/h3,5H,1-2H2,(H,9,10)(H,11,12). The molecule has 1 fully saturated rings. The van der Waals surface area contributed by atoms with E-state index in [4.69, 9.17) is 5.11 Å². The number of carboxylic acid groups (broad SMARTS) is 1. The van der Waals surface area contributed by atoms with Crippen LogP contribution >= 0.6 is 0 Å². The summed E-state index contributed by atoms with van der Waals surface area (Å²) >= 11 is 0.